The Morgan fingerprint density at radius 2 is 1.85 bits per heavy atom. The van der Waals surface area contributed by atoms with Crippen molar-refractivity contribution in [3.63, 3.8) is 0 Å². The highest BCUT2D eigenvalue weighted by atomic mass is 19.1. The van der Waals surface area contributed by atoms with Gasteiger partial charge in [0, 0.05) is 25.3 Å². The van der Waals surface area contributed by atoms with Gasteiger partial charge < -0.3 is 9.64 Å². The Labute approximate surface area is 222 Å². The monoisotopic (exact) mass is 532 g/mol. The number of hydrogen-bond donors (Lipinski definition) is 1. The summed E-state index contributed by atoms with van der Waals surface area (Å²) in [5.41, 5.74) is 3.84. The number of aryl methyl sites for hydroxylation is 3. The minimum absolute atomic E-state index is 0.0313. The molecule has 0 unspecified atom stereocenters. The molecule has 3 aromatic carbocycles. The van der Waals surface area contributed by atoms with Gasteiger partial charge in [0.1, 0.15) is 25.3 Å². The zero-order valence-corrected chi connectivity index (χ0v) is 21.8. The standard InChI is InChI=1S/C28H26F2N6O3/c1-16-9-21(18-11-17(2)27(22(30)12-18)39-14-24-31-15-32-33-24)26-23(10-16)36(28(38)35(26)4)13-25(37)34(3)20-7-5-19(29)6-8-20/h5-12,15H,13-14H2,1-4H3,(H,31,32,33). The summed E-state index contributed by atoms with van der Waals surface area (Å²) >= 11 is 0. The van der Waals surface area contributed by atoms with Crippen LogP contribution in [0.4, 0.5) is 14.5 Å². The van der Waals surface area contributed by atoms with Crippen LogP contribution in [0.1, 0.15) is 17.0 Å². The Morgan fingerprint density at radius 3 is 2.51 bits per heavy atom. The number of aromatic amines is 1. The Bertz CT molecular complexity index is 1720. The number of benzene rings is 3. The number of carbonyl (C=O) groups excluding carboxylic acids is 1. The molecular weight excluding hydrogens is 506 g/mol. The summed E-state index contributed by atoms with van der Waals surface area (Å²) in [6.45, 7) is 3.41. The molecule has 0 spiro atoms. The molecule has 0 aliphatic heterocycles. The third kappa shape index (κ3) is 4.90. The van der Waals surface area contributed by atoms with E-state index in [4.69, 9.17) is 4.74 Å². The Morgan fingerprint density at radius 1 is 1.10 bits per heavy atom. The maximum absolute atomic E-state index is 15.2. The first kappa shape index (κ1) is 25.8. The third-order valence-electron chi connectivity index (χ3n) is 6.62. The van der Waals surface area contributed by atoms with Gasteiger partial charge in [0.2, 0.25) is 5.91 Å². The highest BCUT2D eigenvalue weighted by Crippen LogP contribution is 2.34. The molecule has 2 heterocycles. The van der Waals surface area contributed by atoms with Gasteiger partial charge in [-0.25, -0.2) is 18.6 Å². The van der Waals surface area contributed by atoms with E-state index < -0.39 is 11.6 Å². The average Bonchev–Trinajstić information content (AvgIpc) is 3.50. The molecule has 0 aliphatic rings. The second kappa shape index (κ2) is 10.2. The van der Waals surface area contributed by atoms with Crippen molar-refractivity contribution in [2.24, 2.45) is 7.05 Å². The van der Waals surface area contributed by atoms with Crippen molar-refractivity contribution in [1.82, 2.24) is 24.3 Å². The molecule has 0 radical (unpaired) electrons. The second-order valence-electron chi connectivity index (χ2n) is 9.36. The van der Waals surface area contributed by atoms with Crippen LogP contribution in [0.15, 0.2) is 59.7 Å². The first-order valence-electron chi connectivity index (χ1n) is 12.1. The first-order valence-corrected chi connectivity index (χ1v) is 12.1. The average molecular weight is 533 g/mol. The van der Waals surface area contributed by atoms with Crippen molar-refractivity contribution in [2.45, 2.75) is 27.0 Å². The fraction of sp³-hybridized carbons (Fsp3) is 0.214. The van der Waals surface area contributed by atoms with Crippen LogP contribution in [-0.4, -0.2) is 37.3 Å². The molecule has 9 nitrogen and oxygen atoms in total. The van der Waals surface area contributed by atoms with Gasteiger partial charge in [-0.2, -0.15) is 5.10 Å². The summed E-state index contributed by atoms with van der Waals surface area (Å²) in [4.78, 5) is 31.8. The predicted octanol–water partition coefficient (Wildman–Crippen LogP) is 4.26. The van der Waals surface area contributed by atoms with Gasteiger partial charge in [-0.15, -0.1) is 0 Å². The molecule has 11 heteroatoms. The molecule has 0 atom stereocenters. The summed E-state index contributed by atoms with van der Waals surface area (Å²) in [6, 6.07) is 12.4. The zero-order chi connectivity index (χ0) is 27.8. The number of halogens is 2. The lowest BCUT2D eigenvalue weighted by Gasteiger charge is -2.17. The van der Waals surface area contributed by atoms with E-state index in [9.17, 15) is 14.0 Å². The second-order valence-corrected chi connectivity index (χ2v) is 9.36. The fourth-order valence-corrected chi connectivity index (χ4v) is 4.63. The summed E-state index contributed by atoms with van der Waals surface area (Å²) in [5.74, 6) is -0.753. The minimum atomic E-state index is -0.556. The number of carbonyl (C=O) groups is 1. The molecule has 0 saturated carbocycles. The van der Waals surface area contributed by atoms with Crippen molar-refractivity contribution in [2.75, 3.05) is 11.9 Å². The van der Waals surface area contributed by atoms with Gasteiger partial charge >= 0.3 is 5.69 Å². The SMILES string of the molecule is Cc1cc(-c2cc(C)c(OCc3ncn[nH]3)c(F)c2)c2c(c1)n(CC(=O)N(C)c1ccc(F)cc1)c(=O)n2C. The Hall–Kier alpha value is -4.80. The van der Waals surface area contributed by atoms with Crippen LogP contribution in [0.2, 0.25) is 0 Å². The number of nitrogens with one attached hydrogen (secondary N) is 1. The number of ether oxygens (including phenoxy) is 1. The lowest BCUT2D eigenvalue weighted by atomic mass is 9.99. The number of aromatic nitrogens is 5. The number of anilines is 1. The molecule has 5 aromatic rings. The smallest absolute Gasteiger partial charge is 0.329 e. The van der Waals surface area contributed by atoms with E-state index in [1.54, 1.807) is 27.1 Å². The van der Waals surface area contributed by atoms with Crippen LogP contribution in [-0.2, 0) is 25.0 Å². The minimum Gasteiger partial charge on any atom is -0.482 e. The fourth-order valence-electron chi connectivity index (χ4n) is 4.63. The quantitative estimate of drug-likeness (QED) is 0.338. The van der Waals surface area contributed by atoms with Gasteiger partial charge in [-0.3, -0.25) is 19.0 Å². The highest BCUT2D eigenvalue weighted by Gasteiger charge is 2.21. The molecule has 39 heavy (non-hydrogen) atoms. The maximum Gasteiger partial charge on any atom is 0.329 e. The maximum atomic E-state index is 15.2. The molecule has 0 fully saturated rings. The number of imidazole rings is 1. The van der Waals surface area contributed by atoms with Crippen LogP contribution in [0.5, 0.6) is 5.75 Å². The van der Waals surface area contributed by atoms with Gasteiger partial charge in [-0.1, -0.05) is 0 Å². The first-order chi connectivity index (χ1) is 18.6. The predicted molar refractivity (Wildman–Crippen MR) is 143 cm³/mol. The van der Waals surface area contributed by atoms with E-state index >= 15 is 4.39 Å². The molecule has 200 valence electrons. The lowest BCUT2D eigenvalue weighted by molar-refractivity contribution is -0.118. The van der Waals surface area contributed by atoms with Crippen LogP contribution < -0.4 is 15.3 Å². The van der Waals surface area contributed by atoms with E-state index in [0.717, 1.165) is 5.56 Å². The molecule has 0 bridgehead atoms. The van der Waals surface area contributed by atoms with Gasteiger partial charge in [0.05, 0.1) is 11.0 Å². The molecule has 2 aromatic heterocycles. The number of likely N-dealkylation sites (N-methyl/N-ethyl adjacent to an activating group) is 1. The van der Waals surface area contributed by atoms with E-state index in [0.29, 0.717) is 39.2 Å². The number of H-pyrrole nitrogens is 1. The van der Waals surface area contributed by atoms with Crippen molar-refractivity contribution in [3.05, 3.63) is 93.9 Å². The van der Waals surface area contributed by atoms with Gasteiger partial charge in [0.15, 0.2) is 17.4 Å². The lowest BCUT2D eigenvalue weighted by Crippen LogP contribution is -2.34. The van der Waals surface area contributed by atoms with Crippen molar-refractivity contribution >= 4 is 22.6 Å². The van der Waals surface area contributed by atoms with E-state index in [2.05, 4.69) is 15.2 Å². The van der Waals surface area contributed by atoms with E-state index in [-0.39, 0.29) is 30.5 Å². The van der Waals surface area contributed by atoms with E-state index in [1.165, 1.54) is 50.7 Å². The number of amides is 1. The Balaban J connectivity index is 1.52. The molecular formula is C28H26F2N6O3. The molecule has 5 rings (SSSR count). The normalized spacial score (nSPS) is 11.2. The van der Waals surface area contributed by atoms with Crippen LogP contribution >= 0.6 is 0 Å². The van der Waals surface area contributed by atoms with Gasteiger partial charge in [0.25, 0.3) is 0 Å². The number of nitrogens with zero attached hydrogens (tertiary/aromatic N) is 5. The van der Waals surface area contributed by atoms with Crippen LogP contribution in [0.25, 0.3) is 22.2 Å². The number of rotatable bonds is 7. The van der Waals surface area contributed by atoms with Crippen LogP contribution in [0, 0.1) is 25.5 Å². The zero-order valence-electron chi connectivity index (χ0n) is 21.8. The summed E-state index contributed by atoms with van der Waals surface area (Å²) in [7, 11) is 3.19. The van der Waals surface area contributed by atoms with Gasteiger partial charge in [-0.05, 0) is 79.1 Å². The third-order valence-corrected chi connectivity index (χ3v) is 6.62. The van der Waals surface area contributed by atoms with Crippen molar-refractivity contribution in [1.29, 1.82) is 0 Å². The largest absolute Gasteiger partial charge is 0.482 e. The summed E-state index contributed by atoms with van der Waals surface area (Å²) < 4.78 is 37.1. The van der Waals surface area contributed by atoms with Crippen LogP contribution in [0.3, 0.4) is 0 Å². The summed E-state index contributed by atoms with van der Waals surface area (Å²) in [6.07, 6.45) is 1.35. The topological polar surface area (TPSA) is 98.0 Å². The molecule has 1 N–H and O–H groups in total. The highest BCUT2D eigenvalue weighted by molar-refractivity contribution is 5.96. The number of fused-ring (bicyclic) bond motifs is 1. The summed E-state index contributed by atoms with van der Waals surface area (Å²) in [5, 5.41) is 6.43. The van der Waals surface area contributed by atoms with Crippen molar-refractivity contribution < 1.29 is 18.3 Å². The Kier molecular flexibility index (Phi) is 6.73. The molecule has 0 saturated heterocycles. The molecule has 0 aliphatic carbocycles. The number of hydrogen-bond acceptors (Lipinski definition) is 5. The molecule has 1 amide bonds. The van der Waals surface area contributed by atoms with Crippen molar-refractivity contribution in [3.8, 4) is 16.9 Å². The van der Waals surface area contributed by atoms with E-state index in [1.807, 2.05) is 19.1 Å².